The van der Waals surface area contributed by atoms with Crippen LogP contribution in [0.5, 0.6) is 0 Å². The number of nitrogens with one attached hydrogen (secondary N) is 1. The van der Waals surface area contributed by atoms with Gasteiger partial charge in [-0.15, -0.1) is 0 Å². The van der Waals surface area contributed by atoms with Crippen molar-refractivity contribution >= 4 is 0 Å². The third-order valence-corrected chi connectivity index (χ3v) is 4.10. The molecular weight excluding hydrogens is 282 g/mol. The molecule has 2 atom stereocenters. The molecule has 6 nitrogen and oxygen atoms in total. The lowest BCUT2D eigenvalue weighted by Gasteiger charge is -2.33. The molecule has 0 aliphatic carbocycles. The fourth-order valence-corrected chi connectivity index (χ4v) is 2.92. The van der Waals surface area contributed by atoms with Crippen LogP contribution in [-0.4, -0.2) is 53.2 Å². The second-order valence-electron chi connectivity index (χ2n) is 6.55. The smallest absolute Gasteiger partial charge is 0.137 e. The quantitative estimate of drug-likeness (QED) is 0.756. The van der Waals surface area contributed by atoms with Crippen molar-refractivity contribution in [2.45, 2.75) is 38.4 Å². The Morgan fingerprint density at radius 1 is 1.55 bits per heavy atom. The molecule has 0 spiro atoms. The lowest BCUT2D eigenvalue weighted by Crippen LogP contribution is -2.42. The number of hydrogen-bond acceptors (Lipinski definition) is 5. The number of nitrogens with zero attached hydrogens (tertiary/aromatic N) is 2. The van der Waals surface area contributed by atoms with E-state index < -0.39 is 0 Å². The van der Waals surface area contributed by atoms with E-state index in [1.165, 1.54) is 0 Å². The SMILES string of the molecule is Cn1ccnc1[C@@H]1OCCC[C@H]1CNCC(C)(C)OCCO. The van der Waals surface area contributed by atoms with Crippen molar-refractivity contribution in [3.05, 3.63) is 18.2 Å². The monoisotopic (exact) mass is 311 g/mol. The maximum Gasteiger partial charge on any atom is 0.137 e. The van der Waals surface area contributed by atoms with Gasteiger partial charge in [-0.1, -0.05) is 0 Å². The molecule has 1 aromatic rings. The Morgan fingerprint density at radius 2 is 2.36 bits per heavy atom. The van der Waals surface area contributed by atoms with Gasteiger partial charge < -0.3 is 24.5 Å². The first kappa shape index (κ1) is 17.4. The maximum absolute atomic E-state index is 8.85. The Labute approximate surface area is 132 Å². The van der Waals surface area contributed by atoms with E-state index in [0.717, 1.165) is 38.4 Å². The summed E-state index contributed by atoms with van der Waals surface area (Å²) in [5.41, 5.74) is -0.281. The average Bonchev–Trinajstić information content (AvgIpc) is 2.92. The third-order valence-electron chi connectivity index (χ3n) is 4.10. The molecule has 0 unspecified atom stereocenters. The first-order valence-electron chi connectivity index (χ1n) is 8.08. The van der Waals surface area contributed by atoms with E-state index in [9.17, 15) is 0 Å². The summed E-state index contributed by atoms with van der Waals surface area (Å²) < 4.78 is 13.6. The van der Waals surface area contributed by atoms with Crippen LogP contribution in [0.15, 0.2) is 12.4 Å². The van der Waals surface area contributed by atoms with Crippen molar-refractivity contribution in [1.29, 1.82) is 0 Å². The number of aromatic nitrogens is 2. The molecule has 1 fully saturated rings. The minimum atomic E-state index is -0.281. The third kappa shape index (κ3) is 4.78. The normalized spacial score (nSPS) is 22.9. The van der Waals surface area contributed by atoms with Gasteiger partial charge >= 0.3 is 0 Å². The van der Waals surface area contributed by atoms with Crippen LogP contribution >= 0.6 is 0 Å². The molecule has 126 valence electrons. The first-order valence-corrected chi connectivity index (χ1v) is 8.08. The highest BCUT2D eigenvalue weighted by Gasteiger charge is 2.30. The van der Waals surface area contributed by atoms with Gasteiger partial charge in [0.2, 0.25) is 0 Å². The Hall–Kier alpha value is -0.950. The van der Waals surface area contributed by atoms with Gasteiger partial charge in [0.25, 0.3) is 0 Å². The van der Waals surface area contributed by atoms with Crippen LogP contribution in [0.4, 0.5) is 0 Å². The van der Waals surface area contributed by atoms with Crippen molar-refractivity contribution in [3.63, 3.8) is 0 Å². The Balaban J connectivity index is 1.86. The zero-order valence-electron chi connectivity index (χ0n) is 13.9. The van der Waals surface area contributed by atoms with E-state index in [1.54, 1.807) is 0 Å². The number of aryl methyl sites for hydroxylation is 1. The van der Waals surface area contributed by atoms with Crippen LogP contribution in [0.25, 0.3) is 0 Å². The summed E-state index contributed by atoms with van der Waals surface area (Å²) in [7, 11) is 2.01. The summed E-state index contributed by atoms with van der Waals surface area (Å²) in [4.78, 5) is 4.44. The molecule has 2 heterocycles. The largest absolute Gasteiger partial charge is 0.394 e. The number of aliphatic hydroxyl groups is 1. The molecule has 1 aliphatic heterocycles. The molecule has 0 radical (unpaired) electrons. The predicted molar refractivity (Wildman–Crippen MR) is 84.6 cm³/mol. The van der Waals surface area contributed by atoms with Crippen LogP contribution in [0, 0.1) is 5.92 Å². The summed E-state index contributed by atoms with van der Waals surface area (Å²) in [5.74, 6) is 1.42. The Morgan fingerprint density at radius 3 is 3.05 bits per heavy atom. The van der Waals surface area contributed by atoms with Crippen LogP contribution in [-0.2, 0) is 16.5 Å². The van der Waals surface area contributed by atoms with Crippen molar-refractivity contribution in [2.24, 2.45) is 13.0 Å². The number of hydrogen-bond donors (Lipinski definition) is 2. The molecule has 6 heteroatoms. The number of aliphatic hydroxyl groups excluding tert-OH is 1. The molecule has 0 aromatic carbocycles. The summed E-state index contributed by atoms with van der Waals surface area (Å²) in [5, 5.41) is 12.3. The fraction of sp³-hybridized carbons (Fsp3) is 0.812. The molecule has 0 saturated carbocycles. The van der Waals surface area contributed by atoms with Crippen LogP contribution in [0.3, 0.4) is 0 Å². The molecule has 1 saturated heterocycles. The van der Waals surface area contributed by atoms with Gasteiger partial charge in [0.15, 0.2) is 0 Å². The van der Waals surface area contributed by atoms with Crippen molar-refractivity contribution < 1.29 is 14.6 Å². The zero-order valence-corrected chi connectivity index (χ0v) is 13.9. The second kappa shape index (κ2) is 8.06. The molecule has 2 N–H and O–H groups in total. The minimum Gasteiger partial charge on any atom is -0.394 e. The summed E-state index contributed by atoms with van der Waals surface area (Å²) in [6.07, 6.45) is 6.08. The lowest BCUT2D eigenvalue weighted by atomic mass is 9.93. The zero-order chi connectivity index (χ0) is 16.0. The highest BCUT2D eigenvalue weighted by molar-refractivity contribution is 5.00. The van der Waals surface area contributed by atoms with Gasteiger partial charge in [-0.2, -0.15) is 0 Å². The highest BCUT2D eigenvalue weighted by Crippen LogP contribution is 2.32. The topological polar surface area (TPSA) is 68.5 Å². The molecule has 1 aromatic heterocycles. The van der Waals surface area contributed by atoms with Gasteiger partial charge in [0.05, 0.1) is 18.8 Å². The fourth-order valence-electron chi connectivity index (χ4n) is 2.92. The molecule has 0 amide bonds. The van der Waals surface area contributed by atoms with Crippen LogP contribution in [0.2, 0.25) is 0 Å². The molecule has 2 rings (SSSR count). The van der Waals surface area contributed by atoms with Crippen molar-refractivity contribution in [2.75, 3.05) is 32.9 Å². The number of ether oxygens (including phenoxy) is 2. The van der Waals surface area contributed by atoms with Gasteiger partial charge in [0.1, 0.15) is 11.9 Å². The first-order chi connectivity index (χ1) is 10.5. The Kier molecular flexibility index (Phi) is 6.37. The predicted octanol–water partition coefficient (Wildman–Crippen LogP) is 1.26. The van der Waals surface area contributed by atoms with E-state index in [0.29, 0.717) is 12.5 Å². The molecular formula is C16H29N3O3. The van der Waals surface area contributed by atoms with Crippen molar-refractivity contribution in [3.8, 4) is 0 Å². The number of rotatable bonds is 8. The summed E-state index contributed by atoms with van der Waals surface area (Å²) >= 11 is 0. The van der Waals surface area contributed by atoms with E-state index in [-0.39, 0.29) is 18.3 Å². The standard InChI is InChI=1S/C16H29N3O3/c1-16(2,22-10-8-20)12-17-11-13-5-4-9-21-14(13)15-18-6-7-19(15)3/h6-7,13-14,17,20H,4-5,8-12H2,1-3H3/t13-,14+/m0/s1. The summed E-state index contributed by atoms with van der Waals surface area (Å²) in [6, 6.07) is 0. The van der Waals surface area contributed by atoms with Gasteiger partial charge in [-0.25, -0.2) is 4.98 Å². The number of imidazole rings is 1. The van der Waals surface area contributed by atoms with Crippen LogP contribution < -0.4 is 5.32 Å². The minimum absolute atomic E-state index is 0.0567. The van der Waals surface area contributed by atoms with Gasteiger partial charge in [0, 0.05) is 45.1 Å². The highest BCUT2D eigenvalue weighted by atomic mass is 16.5. The van der Waals surface area contributed by atoms with E-state index in [1.807, 2.05) is 37.9 Å². The van der Waals surface area contributed by atoms with Gasteiger partial charge in [-0.3, -0.25) is 0 Å². The molecule has 0 bridgehead atoms. The maximum atomic E-state index is 8.85. The average molecular weight is 311 g/mol. The molecule has 1 aliphatic rings. The van der Waals surface area contributed by atoms with Gasteiger partial charge in [-0.05, 0) is 26.7 Å². The van der Waals surface area contributed by atoms with E-state index >= 15 is 0 Å². The van der Waals surface area contributed by atoms with E-state index in [4.69, 9.17) is 14.6 Å². The second-order valence-corrected chi connectivity index (χ2v) is 6.55. The Bertz CT molecular complexity index is 448. The lowest BCUT2D eigenvalue weighted by molar-refractivity contribution is -0.0451. The van der Waals surface area contributed by atoms with Crippen LogP contribution in [0.1, 0.15) is 38.6 Å². The summed E-state index contributed by atoms with van der Waals surface area (Å²) in [6.45, 7) is 6.92. The molecule has 22 heavy (non-hydrogen) atoms. The van der Waals surface area contributed by atoms with E-state index in [2.05, 4.69) is 10.3 Å². The van der Waals surface area contributed by atoms with Crippen molar-refractivity contribution in [1.82, 2.24) is 14.9 Å².